The zero-order chi connectivity index (χ0) is 14.5. The molecule has 0 bridgehead atoms. The average Bonchev–Trinajstić information content (AvgIpc) is 2.49. The van der Waals surface area contributed by atoms with Gasteiger partial charge >= 0.3 is 5.97 Å². The molecule has 20 heavy (non-hydrogen) atoms. The van der Waals surface area contributed by atoms with Crippen LogP contribution in [0.5, 0.6) is 5.75 Å². The number of esters is 1. The SMILES string of the molecule is COC(=O)c1ccc(C(=O)Nc2ccccc2O)nc1. The molecule has 0 spiro atoms. The highest BCUT2D eigenvalue weighted by molar-refractivity contribution is 6.04. The number of aromatic hydroxyl groups is 1. The summed E-state index contributed by atoms with van der Waals surface area (Å²) < 4.78 is 4.54. The summed E-state index contributed by atoms with van der Waals surface area (Å²) >= 11 is 0. The number of ether oxygens (including phenoxy) is 1. The number of nitrogens with one attached hydrogen (secondary N) is 1. The van der Waals surface area contributed by atoms with E-state index in [1.54, 1.807) is 18.2 Å². The van der Waals surface area contributed by atoms with Gasteiger partial charge < -0.3 is 15.2 Å². The van der Waals surface area contributed by atoms with E-state index in [0.717, 1.165) is 0 Å². The van der Waals surface area contributed by atoms with Gasteiger partial charge in [-0.05, 0) is 24.3 Å². The normalized spacial score (nSPS) is 9.85. The van der Waals surface area contributed by atoms with E-state index in [9.17, 15) is 14.7 Å². The Morgan fingerprint density at radius 2 is 1.95 bits per heavy atom. The summed E-state index contributed by atoms with van der Waals surface area (Å²) in [7, 11) is 1.27. The van der Waals surface area contributed by atoms with Gasteiger partial charge in [0.15, 0.2) is 0 Å². The van der Waals surface area contributed by atoms with E-state index < -0.39 is 11.9 Å². The monoisotopic (exact) mass is 272 g/mol. The van der Waals surface area contributed by atoms with Crippen LogP contribution in [0.2, 0.25) is 0 Å². The summed E-state index contributed by atoms with van der Waals surface area (Å²) in [6, 6.07) is 9.21. The predicted molar refractivity (Wildman–Crippen MR) is 71.6 cm³/mol. The van der Waals surface area contributed by atoms with E-state index in [-0.39, 0.29) is 22.7 Å². The molecule has 102 valence electrons. The van der Waals surface area contributed by atoms with Gasteiger partial charge in [-0.1, -0.05) is 12.1 Å². The molecule has 1 amide bonds. The average molecular weight is 272 g/mol. The third-order valence-electron chi connectivity index (χ3n) is 2.57. The van der Waals surface area contributed by atoms with Crippen molar-refractivity contribution >= 4 is 17.6 Å². The maximum Gasteiger partial charge on any atom is 0.339 e. The maximum absolute atomic E-state index is 11.9. The summed E-state index contributed by atoms with van der Waals surface area (Å²) in [6.07, 6.45) is 1.26. The second kappa shape index (κ2) is 5.83. The number of anilines is 1. The number of pyridine rings is 1. The Bertz CT molecular complexity index is 638. The lowest BCUT2D eigenvalue weighted by Crippen LogP contribution is -2.14. The van der Waals surface area contributed by atoms with Crippen LogP contribution in [0.25, 0.3) is 0 Å². The molecular formula is C14H12N2O4. The van der Waals surface area contributed by atoms with Crippen LogP contribution in [0.4, 0.5) is 5.69 Å². The number of benzene rings is 1. The zero-order valence-electron chi connectivity index (χ0n) is 10.7. The van der Waals surface area contributed by atoms with E-state index >= 15 is 0 Å². The number of methoxy groups -OCH3 is 1. The second-order valence-electron chi connectivity index (χ2n) is 3.89. The lowest BCUT2D eigenvalue weighted by atomic mass is 10.2. The second-order valence-corrected chi connectivity index (χ2v) is 3.89. The van der Waals surface area contributed by atoms with E-state index in [1.807, 2.05) is 0 Å². The number of carbonyl (C=O) groups excluding carboxylic acids is 2. The van der Waals surface area contributed by atoms with E-state index in [2.05, 4.69) is 15.0 Å². The lowest BCUT2D eigenvalue weighted by molar-refractivity contribution is 0.0600. The van der Waals surface area contributed by atoms with Crippen molar-refractivity contribution in [1.29, 1.82) is 0 Å². The van der Waals surface area contributed by atoms with Crippen molar-refractivity contribution in [3.63, 3.8) is 0 Å². The van der Waals surface area contributed by atoms with Crippen LogP contribution in [0, 0.1) is 0 Å². The van der Waals surface area contributed by atoms with E-state index in [4.69, 9.17) is 0 Å². The zero-order valence-corrected chi connectivity index (χ0v) is 10.7. The molecule has 0 aliphatic rings. The summed E-state index contributed by atoms with van der Waals surface area (Å²) in [5.41, 5.74) is 0.670. The first-order valence-electron chi connectivity index (χ1n) is 5.75. The number of phenolic OH excluding ortho intramolecular Hbond substituents is 1. The highest BCUT2D eigenvalue weighted by Gasteiger charge is 2.11. The number of carbonyl (C=O) groups is 2. The van der Waals surface area contributed by atoms with Gasteiger partial charge in [0.25, 0.3) is 5.91 Å². The van der Waals surface area contributed by atoms with Crippen molar-refractivity contribution in [2.75, 3.05) is 12.4 Å². The van der Waals surface area contributed by atoms with Gasteiger partial charge in [0.1, 0.15) is 11.4 Å². The molecule has 2 aromatic rings. The Hall–Kier alpha value is -2.89. The molecule has 6 nitrogen and oxygen atoms in total. The van der Waals surface area contributed by atoms with Crippen LogP contribution in [-0.2, 0) is 4.74 Å². The molecule has 0 unspecified atom stereocenters. The number of phenols is 1. The fourth-order valence-corrected chi connectivity index (χ4v) is 1.53. The Balaban J connectivity index is 2.14. The summed E-state index contributed by atoms with van der Waals surface area (Å²) in [5, 5.41) is 12.1. The highest BCUT2D eigenvalue weighted by Crippen LogP contribution is 2.21. The Kier molecular flexibility index (Phi) is 3.95. The molecule has 0 aliphatic carbocycles. The van der Waals surface area contributed by atoms with Crippen molar-refractivity contribution in [1.82, 2.24) is 4.98 Å². The largest absolute Gasteiger partial charge is 0.506 e. The Labute approximate surface area is 115 Å². The van der Waals surface area contributed by atoms with Gasteiger partial charge in [-0.3, -0.25) is 9.78 Å². The molecule has 1 aromatic carbocycles. The number of amides is 1. The molecule has 6 heteroatoms. The smallest absolute Gasteiger partial charge is 0.339 e. The quantitative estimate of drug-likeness (QED) is 0.657. The molecule has 0 radical (unpaired) electrons. The van der Waals surface area contributed by atoms with Crippen molar-refractivity contribution in [3.05, 3.63) is 53.9 Å². The molecular weight excluding hydrogens is 260 g/mol. The number of hydrogen-bond acceptors (Lipinski definition) is 5. The summed E-state index contributed by atoms with van der Waals surface area (Å²) in [5.74, 6) is -1.04. The van der Waals surface area contributed by atoms with Gasteiger partial charge in [-0.15, -0.1) is 0 Å². The molecule has 1 heterocycles. The fraction of sp³-hybridized carbons (Fsp3) is 0.0714. The van der Waals surface area contributed by atoms with Crippen LogP contribution < -0.4 is 5.32 Å². The molecule has 0 saturated carbocycles. The molecule has 0 aliphatic heterocycles. The molecule has 0 fully saturated rings. The van der Waals surface area contributed by atoms with E-state index in [0.29, 0.717) is 0 Å². The summed E-state index contributed by atoms with van der Waals surface area (Å²) in [4.78, 5) is 27.0. The fourth-order valence-electron chi connectivity index (χ4n) is 1.53. The molecule has 0 saturated heterocycles. The van der Waals surface area contributed by atoms with Crippen molar-refractivity contribution < 1.29 is 19.4 Å². The van der Waals surface area contributed by atoms with Crippen LogP contribution in [0.15, 0.2) is 42.6 Å². The Morgan fingerprint density at radius 3 is 2.55 bits per heavy atom. The van der Waals surface area contributed by atoms with Gasteiger partial charge in [0.2, 0.25) is 0 Å². The molecule has 0 atom stereocenters. The minimum Gasteiger partial charge on any atom is -0.506 e. The molecule has 2 rings (SSSR count). The minimum atomic E-state index is -0.523. The number of para-hydroxylation sites is 2. The molecule has 1 aromatic heterocycles. The van der Waals surface area contributed by atoms with Gasteiger partial charge in [0, 0.05) is 6.20 Å². The number of rotatable bonds is 3. The standard InChI is InChI=1S/C14H12N2O4/c1-20-14(19)9-6-7-11(15-8-9)13(18)16-10-4-2-3-5-12(10)17/h2-8,17H,1H3,(H,16,18). The van der Waals surface area contributed by atoms with Gasteiger partial charge in [0.05, 0.1) is 18.4 Å². The maximum atomic E-state index is 11.9. The van der Waals surface area contributed by atoms with Crippen LogP contribution in [0.1, 0.15) is 20.8 Å². The third-order valence-corrected chi connectivity index (χ3v) is 2.57. The highest BCUT2D eigenvalue weighted by atomic mass is 16.5. The first-order chi connectivity index (χ1) is 9.61. The number of aromatic nitrogens is 1. The van der Waals surface area contributed by atoms with E-state index in [1.165, 1.54) is 31.5 Å². The van der Waals surface area contributed by atoms with Crippen molar-refractivity contribution in [2.24, 2.45) is 0 Å². The summed E-state index contributed by atoms with van der Waals surface area (Å²) in [6.45, 7) is 0. The molecule has 2 N–H and O–H groups in total. The predicted octanol–water partition coefficient (Wildman–Crippen LogP) is 1.83. The van der Waals surface area contributed by atoms with Crippen LogP contribution >= 0.6 is 0 Å². The first-order valence-corrected chi connectivity index (χ1v) is 5.75. The first kappa shape index (κ1) is 13.5. The van der Waals surface area contributed by atoms with Crippen LogP contribution in [-0.4, -0.2) is 29.1 Å². The van der Waals surface area contributed by atoms with Crippen molar-refractivity contribution in [3.8, 4) is 5.75 Å². The Morgan fingerprint density at radius 1 is 1.20 bits per heavy atom. The van der Waals surface area contributed by atoms with Crippen molar-refractivity contribution in [2.45, 2.75) is 0 Å². The topological polar surface area (TPSA) is 88.5 Å². The van der Waals surface area contributed by atoms with Crippen LogP contribution in [0.3, 0.4) is 0 Å². The lowest BCUT2D eigenvalue weighted by Gasteiger charge is -2.06. The van der Waals surface area contributed by atoms with Gasteiger partial charge in [-0.25, -0.2) is 4.79 Å². The number of nitrogens with zero attached hydrogens (tertiary/aromatic N) is 1. The van der Waals surface area contributed by atoms with Gasteiger partial charge in [-0.2, -0.15) is 0 Å². The number of hydrogen-bond donors (Lipinski definition) is 2. The third kappa shape index (κ3) is 2.92. The minimum absolute atomic E-state index is 0.0352.